The molecule has 34 heavy (non-hydrogen) atoms. The summed E-state index contributed by atoms with van der Waals surface area (Å²) in [5, 5.41) is 11.8. The summed E-state index contributed by atoms with van der Waals surface area (Å²) in [5.41, 5.74) is 3.61. The molecule has 0 saturated heterocycles. The smallest absolute Gasteiger partial charge is 0.227 e. The molecule has 5 rings (SSSR count). The first-order chi connectivity index (χ1) is 16.5. The van der Waals surface area contributed by atoms with Gasteiger partial charge in [-0.25, -0.2) is 0 Å². The number of nitrogens with one attached hydrogen (secondary N) is 1. The molecule has 174 valence electrons. The number of carbonyl (C=O) groups is 1. The Morgan fingerprint density at radius 1 is 1.18 bits per heavy atom. The fourth-order valence-electron chi connectivity index (χ4n) is 4.76. The number of benzene rings is 2. The number of H-pyrrole nitrogens is 1. The van der Waals surface area contributed by atoms with Gasteiger partial charge in [-0.2, -0.15) is 0 Å². The average molecular weight is 459 g/mol. The number of aromatic hydroxyl groups is 1. The van der Waals surface area contributed by atoms with E-state index in [4.69, 9.17) is 9.15 Å². The van der Waals surface area contributed by atoms with E-state index in [-0.39, 0.29) is 24.7 Å². The van der Waals surface area contributed by atoms with Crippen molar-refractivity contribution >= 4 is 16.8 Å². The molecule has 1 atom stereocenters. The number of para-hydroxylation sites is 1. The number of methoxy groups -OCH3 is 1. The Labute approximate surface area is 196 Å². The van der Waals surface area contributed by atoms with Crippen LogP contribution in [0.5, 0.6) is 5.75 Å². The van der Waals surface area contributed by atoms with Gasteiger partial charge in [-0.15, -0.1) is 0 Å². The van der Waals surface area contributed by atoms with E-state index in [2.05, 4.69) is 11.1 Å². The van der Waals surface area contributed by atoms with Crippen molar-refractivity contribution in [3.05, 3.63) is 99.2 Å². The maximum Gasteiger partial charge on any atom is 0.227 e. The number of ether oxygens (including phenoxy) is 1. The van der Waals surface area contributed by atoms with E-state index in [0.717, 1.165) is 23.2 Å². The second-order valence-corrected chi connectivity index (χ2v) is 8.58. The third-order valence-electron chi connectivity index (χ3n) is 6.42. The Morgan fingerprint density at radius 3 is 2.74 bits per heavy atom. The summed E-state index contributed by atoms with van der Waals surface area (Å²) >= 11 is 0. The van der Waals surface area contributed by atoms with Crippen molar-refractivity contribution in [2.45, 2.75) is 31.9 Å². The molecule has 4 aromatic rings. The van der Waals surface area contributed by atoms with Crippen molar-refractivity contribution in [2.24, 2.45) is 0 Å². The molecule has 0 saturated carbocycles. The number of carbonyl (C=O) groups excluding carboxylic acids is 1. The van der Waals surface area contributed by atoms with Crippen LogP contribution in [0.1, 0.15) is 40.7 Å². The van der Waals surface area contributed by atoms with E-state index in [1.165, 1.54) is 24.1 Å². The van der Waals surface area contributed by atoms with Crippen molar-refractivity contribution in [2.75, 3.05) is 13.7 Å². The van der Waals surface area contributed by atoms with E-state index in [0.29, 0.717) is 18.8 Å². The van der Waals surface area contributed by atoms with Gasteiger partial charge in [0.05, 0.1) is 12.5 Å². The van der Waals surface area contributed by atoms with Crippen LogP contribution in [0.2, 0.25) is 0 Å². The molecule has 0 radical (unpaired) electrons. The number of rotatable bonds is 6. The topological polar surface area (TPSA) is 95.8 Å². The van der Waals surface area contributed by atoms with E-state index in [1.807, 2.05) is 53.4 Å². The lowest BCUT2D eigenvalue weighted by Crippen LogP contribution is -2.36. The molecule has 7 heteroatoms. The Kier molecular flexibility index (Phi) is 5.94. The van der Waals surface area contributed by atoms with Gasteiger partial charge in [0, 0.05) is 42.7 Å². The SMILES string of the molecule is COCc1cc(=O)c(O)c([C@H](CC(=O)N2CCc3c([nH]c4ccccc34)C2)c2ccccc2)o1. The number of hydrogen-bond donors (Lipinski definition) is 2. The minimum atomic E-state index is -0.609. The van der Waals surface area contributed by atoms with Gasteiger partial charge in [-0.1, -0.05) is 48.5 Å². The normalized spacial score (nSPS) is 14.2. The van der Waals surface area contributed by atoms with Gasteiger partial charge in [-0.05, 0) is 23.6 Å². The van der Waals surface area contributed by atoms with E-state index < -0.39 is 17.1 Å². The number of aromatic nitrogens is 1. The first-order valence-corrected chi connectivity index (χ1v) is 11.3. The Bertz CT molecular complexity index is 1390. The van der Waals surface area contributed by atoms with Gasteiger partial charge in [0.15, 0.2) is 5.76 Å². The van der Waals surface area contributed by atoms with E-state index in [1.54, 1.807) is 0 Å². The van der Waals surface area contributed by atoms with Crippen LogP contribution < -0.4 is 5.43 Å². The van der Waals surface area contributed by atoms with Gasteiger partial charge in [0.25, 0.3) is 0 Å². The van der Waals surface area contributed by atoms with Crippen molar-refractivity contribution in [3.8, 4) is 5.75 Å². The van der Waals surface area contributed by atoms with Crippen LogP contribution in [-0.2, 0) is 29.1 Å². The van der Waals surface area contributed by atoms with Crippen molar-refractivity contribution in [1.29, 1.82) is 0 Å². The van der Waals surface area contributed by atoms with Gasteiger partial charge in [-0.3, -0.25) is 9.59 Å². The van der Waals surface area contributed by atoms with Gasteiger partial charge in [0.1, 0.15) is 12.4 Å². The zero-order valence-corrected chi connectivity index (χ0v) is 18.9. The summed E-state index contributed by atoms with van der Waals surface area (Å²) in [6, 6.07) is 18.7. The van der Waals surface area contributed by atoms with Crippen molar-refractivity contribution < 1.29 is 19.1 Å². The average Bonchev–Trinajstić information content (AvgIpc) is 3.23. The van der Waals surface area contributed by atoms with Crippen molar-refractivity contribution in [1.82, 2.24) is 9.88 Å². The van der Waals surface area contributed by atoms with Crippen molar-refractivity contribution in [3.63, 3.8) is 0 Å². The van der Waals surface area contributed by atoms with Crippen LogP contribution in [0.3, 0.4) is 0 Å². The third-order valence-corrected chi connectivity index (χ3v) is 6.42. The quantitative estimate of drug-likeness (QED) is 0.454. The van der Waals surface area contributed by atoms with Gasteiger partial charge >= 0.3 is 0 Å². The van der Waals surface area contributed by atoms with Crippen LogP contribution >= 0.6 is 0 Å². The molecule has 2 aromatic heterocycles. The number of aromatic amines is 1. The molecule has 1 amide bonds. The number of fused-ring (bicyclic) bond motifs is 3. The molecule has 1 aliphatic heterocycles. The number of hydrogen-bond acceptors (Lipinski definition) is 5. The molecule has 0 unspecified atom stereocenters. The number of nitrogens with zero attached hydrogens (tertiary/aromatic N) is 1. The molecule has 3 heterocycles. The Morgan fingerprint density at radius 2 is 1.94 bits per heavy atom. The second kappa shape index (κ2) is 9.19. The maximum atomic E-state index is 13.5. The third kappa shape index (κ3) is 4.10. The summed E-state index contributed by atoms with van der Waals surface area (Å²) in [4.78, 5) is 31.2. The second-order valence-electron chi connectivity index (χ2n) is 8.58. The molecule has 1 aliphatic rings. The molecule has 0 aliphatic carbocycles. The standard InChI is InChI=1S/C27H26N2O5/c1-33-16-18-13-24(30)26(32)27(34-18)21(17-7-3-2-4-8-17)14-25(31)29-12-11-20-19-9-5-6-10-22(19)28-23(20)15-29/h2-10,13,21,28,32H,11-12,14-16H2,1H3/t21-/m1/s1. The maximum absolute atomic E-state index is 13.5. The lowest BCUT2D eigenvalue weighted by Gasteiger charge is -2.29. The first kappa shape index (κ1) is 22.0. The highest BCUT2D eigenvalue weighted by atomic mass is 16.5. The van der Waals surface area contributed by atoms with E-state index >= 15 is 0 Å². The molecular weight excluding hydrogens is 432 g/mol. The summed E-state index contributed by atoms with van der Waals surface area (Å²) < 4.78 is 11.0. The summed E-state index contributed by atoms with van der Waals surface area (Å²) in [6.07, 6.45) is 0.831. The van der Waals surface area contributed by atoms with Gasteiger partial charge < -0.3 is 24.1 Å². The lowest BCUT2D eigenvalue weighted by molar-refractivity contribution is -0.132. The van der Waals surface area contributed by atoms with Crippen LogP contribution in [0.15, 0.2) is 69.9 Å². The fourth-order valence-corrected chi connectivity index (χ4v) is 4.76. The van der Waals surface area contributed by atoms with Crippen LogP contribution in [0, 0.1) is 0 Å². The van der Waals surface area contributed by atoms with Crippen LogP contribution in [0.25, 0.3) is 10.9 Å². The van der Waals surface area contributed by atoms with Crippen LogP contribution in [0.4, 0.5) is 0 Å². The zero-order valence-electron chi connectivity index (χ0n) is 18.9. The zero-order chi connectivity index (χ0) is 23.7. The molecule has 0 spiro atoms. The highest BCUT2D eigenvalue weighted by molar-refractivity contribution is 5.86. The lowest BCUT2D eigenvalue weighted by atomic mass is 9.91. The largest absolute Gasteiger partial charge is 0.502 e. The summed E-state index contributed by atoms with van der Waals surface area (Å²) in [7, 11) is 1.50. The minimum absolute atomic E-state index is 0.0620. The first-order valence-electron chi connectivity index (χ1n) is 11.3. The van der Waals surface area contributed by atoms with Gasteiger partial charge in [0.2, 0.25) is 17.1 Å². The summed E-state index contributed by atoms with van der Waals surface area (Å²) in [5.74, 6) is -0.769. The van der Waals surface area contributed by atoms with Crippen LogP contribution in [-0.4, -0.2) is 34.6 Å². The molecule has 7 nitrogen and oxygen atoms in total. The monoisotopic (exact) mass is 458 g/mol. The highest BCUT2D eigenvalue weighted by Gasteiger charge is 2.30. The molecule has 0 fully saturated rings. The molecule has 2 N–H and O–H groups in total. The predicted octanol–water partition coefficient (Wildman–Crippen LogP) is 4.08. The molecular formula is C27H26N2O5. The Balaban J connectivity index is 1.46. The number of amides is 1. The summed E-state index contributed by atoms with van der Waals surface area (Å²) in [6.45, 7) is 1.19. The molecule has 0 bridgehead atoms. The van der Waals surface area contributed by atoms with E-state index in [9.17, 15) is 14.7 Å². The fraction of sp³-hybridized carbons (Fsp3) is 0.259. The molecule has 2 aromatic carbocycles. The highest BCUT2D eigenvalue weighted by Crippen LogP contribution is 2.35. The Hall–Kier alpha value is -3.84. The predicted molar refractivity (Wildman–Crippen MR) is 128 cm³/mol. The minimum Gasteiger partial charge on any atom is -0.502 e.